The van der Waals surface area contributed by atoms with Crippen LogP contribution in [0.25, 0.3) is 0 Å². The second kappa shape index (κ2) is 4.09. The van der Waals surface area contributed by atoms with E-state index in [0.29, 0.717) is 5.92 Å². The highest BCUT2D eigenvalue weighted by molar-refractivity contribution is 5.43. The molecule has 1 atom stereocenters. The van der Waals surface area contributed by atoms with E-state index in [1.54, 1.807) is 0 Å². The molecule has 0 heterocycles. The fraction of sp³-hybridized carbons (Fsp3) is 0.429. The molecule has 0 aromatic heterocycles. The first-order chi connectivity index (χ1) is 7.16. The molecule has 0 fully saturated rings. The zero-order valence-electron chi connectivity index (χ0n) is 9.59. The van der Waals surface area contributed by atoms with Gasteiger partial charge >= 0.3 is 0 Å². The van der Waals surface area contributed by atoms with Gasteiger partial charge < -0.3 is 5.73 Å². The lowest BCUT2D eigenvalue weighted by molar-refractivity contribution is 0.658. The van der Waals surface area contributed by atoms with Crippen molar-refractivity contribution in [2.75, 3.05) is 0 Å². The Labute approximate surface area is 92.1 Å². The highest BCUT2D eigenvalue weighted by Crippen LogP contribution is 2.33. The van der Waals surface area contributed by atoms with Gasteiger partial charge in [0.15, 0.2) is 0 Å². The summed E-state index contributed by atoms with van der Waals surface area (Å²) >= 11 is 0. The van der Waals surface area contributed by atoms with Gasteiger partial charge in [0.2, 0.25) is 0 Å². The third kappa shape index (κ3) is 2.23. The van der Waals surface area contributed by atoms with E-state index in [2.05, 4.69) is 38.2 Å². The Morgan fingerprint density at radius 2 is 1.93 bits per heavy atom. The van der Waals surface area contributed by atoms with Gasteiger partial charge in [0.05, 0.1) is 0 Å². The quantitative estimate of drug-likeness (QED) is 0.690. The van der Waals surface area contributed by atoms with Gasteiger partial charge in [0.25, 0.3) is 0 Å². The molecule has 15 heavy (non-hydrogen) atoms. The third-order valence-electron chi connectivity index (χ3n) is 3.26. The van der Waals surface area contributed by atoms with Crippen molar-refractivity contribution in [1.82, 2.24) is 0 Å². The SMILES string of the molecule is CC1=CC=C(C2=CC=C(N)CC2)C(C)C1. The highest BCUT2D eigenvalue weighted by atomic mass is 14.6. The van der Waals surface area contributed by atoms with Crippen LogP contribution in [-0.4, -0.2) is 0 Å². The zero-order chi connectivity index (χ0) is 10.8. The topological polar surface area (TPSA) is 26.0 Å². The van der Waals surface area contributed by atoms with Gasteiger partial charge in [-0.2, -0.15) is 0 Å². The first-order valence-corrected chi connectivity index (χ1v) is 5.69. The van der Waals surface area contributed by atoms with Crippen molar-refractivity contribution in [3.05, 3.63) is 46.7 Å². The molecule has 1 unspecified atom stereocenters. The Kier molecular flexibility index (Phi) is 2.81. The summed E-state index contributed by atoms with van der Waals surface area (Å²) < 4.78 is 0. The summed E-state index contributed by atoms with van der Waals surface area (Å²) in [5.74, 6) is 0.661. The average molecular weight is 201 g/mol. The molecule has 1 heteroatoms. The number of rotatable bonds is 1. The Morgan fingerprint density at radius 3 is 2.53 bits per heavy atom. The first-order valence-electron chi connectivity index (χ1n) is 5.69. The Hall–Kier alpha value is -1.24. The Morgan fingerprint density at radius 1 is 1.13 bits per heavy atom. The molecule has 0 saturated heterocycles. The molecule has 0 amide bonds. The van der Waals surface area contributed by atoms with Gasteiger partial charge in [-0.05, 0) is 49.3 Å². The Balaban J connectivity index is 2.24. The fourth-order valence-electron chi connectivity index (χ4n) is 2.37. The summed E-state index contributed by atoms with van der Waals surface area (Å²) in [6.07, 6.45) is 12.1. The van der Waals surface area contributed by atoms with Crippen LogP contribution in [0.5, 0.6) is 0 Å². The summed E-state index contributed by atoms with van der Waals surface area (Å²) in [6, 6.07) is 0. The van der Waals surface area contributed by atoms with Crippen LogP contribution in [-0.2, 0) is 0 Å². The molecular formula is C14H19N. The first kappa shape index (κ1) is 10.3. The summed E-state index contributed by atoms with van der Waals surface area (Å²) in [5.41, 5.74) is 11.2. The van der Waals surface area contributed by atoms with E-state index in [9.17, 15) is 0 Å². The number of allylic oxidation sites excluding steroid dienone is 8. The second-order valence-corrected chi connectivity index (χ2v) is 4.67. The smallest absolute Gasteiger partial charge is 0.00838 e. The van der Waals surface area contributed by atoms with Gasteiger partial charge in [-0.25, -0.2) is 0 Å². The van der Waals surface area contributed by atoms with Crippen LogP contribution in [0.3, 0.4) is 0 Å². The average Bonchev–Trinajstić information content (AvgIpc) is 2.20. The van der Waals surface area contributed by atoms with Gasteiger partial charge in [-0.15, -0.1) is 0 Å². The largest absolute Gasteiger partial charge is 0.402 e. The minimum Gasteiger partial charge on any atom is -0.402 e. The van der Waals surface area contributed by atoms with Crippen LogP contribution in [0.15, 0.2) is 46.7 Å². The minimum absolute atomic E-state index is 0.661. The molecule has 1 nitrogen and oxygen atoms in total. The lowest BCUT2D eigenvalue weighted by atomic mass is 9.82. The molecule has 80 valence electrons. The third-order valence-corrected chi connectivity index (χ3v) is 3.26. The zero-order valence-corrected chi connectivity index (χ0v) is 9.59. The fourth-order valence-corrected chi connectivity index (χ4v) is 2.37. The standard InChI is InChI=1S/C14H19N/c1-10-3-8-14(11(2)9-10)12-4-6-13(15)7-5-12/h3-4,6,8,11H,5,7,9,15H2,1-2H3. The van der Waals surface area contributed by atoms with Crippen molar-refractivity contribution in [2.24, 2.45) is 11.7 Å². The van der Waals surface area contributed by atoms with Crippen LogP contribution in [0.4, 0.5) is 0 Å². The van der Waals surface area contributed by atoms with E-state index < -0.39 is 0 Å². The van der Waals surface area contributed by atoms with Crippen molar-refractivity contribution >= 4 is 0 Å². The molecule has 0 aromatic carbocycles. The highest BCUT2D eigenvalue weighted by Gasteiger charge is 2.17. The maximum absolute atomic E-state index is 5.77. The molecule has 0 bridgehead atoms. The van der Waals surface area contributed by atoms with Crippen molar-refractivity contribution in [3.8, 4) is 0 Å². The molecule has 2 N–H and O–H groups in total. The van der Waals surface area contributed by atoms with E-state index in [1.165, 1.54) is 23.1 Å². The maximum atomic E-state index is 5.77. The molecule has 0 spiro atoms. The summed E-state index contributed by atoms with van der Waals surface area (Å²) in [6.45, 7) is 4.52. The second-order valence-electron chi connectivity index (χ2n) is 4.67. The normalized spacial score (nSPS) is 26.4. The number of nitrogens with two attached hydrogens (primary N) is 1. The summed E-state index contributed by atoms with van der Waals surface area (Å²) in [7, 11) is 0. The van der Waals surface area contributed by atoms with Gasteiger partial charge in [0.1, 0.15) is 0 Å². The van der Waals surface area contributed by atoms with Crippen molar-refractivity contribution in [2.45, 2.75) is 33.1 Å². The van der Waals surface area contributed by atoms with Crippen LogP contribution in [0, 0.1) is 5.92 Å². The van der Waals surface area contributed by atoms with E-state index >= 15 is 0 Å². The van der Waals surface area contributed by atoms with E-state index in [0.717, 1.165) is 18.5 Å². The molecule has 0 radical (unpaired) electrons. The molecule has 2 aliphatic carbocycles. The van der Waals surface area contributed by atoms with Crippen molar-refractivity contribution in [3.63, 3.8) is 0 Å². The molecule has 0 aliphatic heterocycles. The monoisotopic (exact) mass is 201 g/mol. The van der Waals surface area contributed by atoms with Crippen molar-refractivity contribution < 1.29 is 0 Å². The van der Waals surface area contributed by atoms with Crippen LogP contribution in [0.2, 0.25) is 0 Å². The predicted octanol–water partition coefficient (Wildman–Crippen LogP) is 3.46. The van der Waals surface area contributed by atoms with E-state index in [1.807, 2.05) is 0 Å². The summed E-state index contributed by atoms with van der Waals surface area (Å²) in [5, 5.41) is 0. The van der Waals surface area contributed by atoms with Crippen LogP contribution < -0.4 is 5.73 Å². The molecule has 2 aliphatic rings. The molecule has 0 aromatic rings. The molecular weight excluding hydrogens is 182 g/mol. The molecule has 0 saturated carbocycles. The van der Waals surface area contributed by atoms with Crippen molar-refractivity contribution in [1.29, 1.82) is 0 Å². The molecule has 2 rings (SSSR count). The van der Waals surface area contributed by atoms with Crippen LogP contribution >= 0.6 is 0 Å². The van der Waals surface area contributed by atoms with Gasteiger partial charge in [-0.3, -0.25) is 0 Å². The lowest BCUT2D eigenvalue weighted by Gasteiger charge is -2.24. The summed E-state index contributed by atoms with van der Waals surface area (Å²) in [4.78, 5) is 0. The predicted molar refractivity (Wildman–Crippen MR) is 65.2 cm³/mol. The Bertz CT molecular complexity index is 380. The lowest BCUT2D eigenvalue weighted by Crippen LogP contribution is -2.10. The maximum Gasteiger partial charge on any atom is 0.00838 e. The van der Waals surface area contributed by atoms with E-state index in [-0.39, 0.29) is 0 Å². The number of hydrogen-bond acceptors (Lipinski definition) is 1. The van der Waals surface area contributed by atoms with Gasteiger partial charge in [-0.1, -0.05) is 30.7 Å². The minimum atomic E-state index is 0.661. The van der Waals surface area contributed by atoms with E-state index in [4.69, 9.17) is 5.73 Å². The van der Waals surface area contributed by atoms with Gasteiger partial charge in [0, 0.05) is 5.70 Å². The number of hydrogen-bond donors (Lipinski definition) is 1. The van der Waals surface area contributed by atoms with Crippen LogP contribution in [0.1, 0.15) is 33.1 Å².